The first-order valence-corrected chi connectivity index (χ1v) is 7.01. The number of nitrogens with one attached hydrogen (secondary N) is 2. The Morgan fingerprint density at radius 1 is 1.22 bits per heavy atom. The molecule has 2 aliphatic heterocycles. The van der Waals surface area contributed by atoms with Crippen molar-refractivity contribution in [2.75, 3.05) is 37.6 Å². The molecule has 1 atom stereocenters. The Kier molecular flexibility index (Phi) is 3.48. The van der Waals surface area contributed by atoms with Crippen molar-refractivity contribution in [1.82, 2.24) is 15.6 Å². The largest absolute Gasteiger partial charge is 0.354 e. The molecule has 3 rings (SSSR count). The van der Waals surface area contributed by atoms with E-state index in [0.29, 0.717) is 6.04 Å². The van der Waals surface area contributed by atoms with Crippen molar-refractivity contribution < 1.29 is 0 Å². The zero-order chi connectivity index (χ0) is 12.4. The molecular weight excluding hydrogens is 224 g/mol. The number of anilines is 1. The van der Waals surface area contributed by atoms with Gasteiger partial charge in [-0.05, 0) is 31.5 Å². The highest BCUT2D eigenvalue weighted by Crippen LogP contribution is 2.18. The topological polar surface area (TPSA) is 40.2 Å². The molecule has 2 N–H and O–H groups in total. The zero-order valence-electron chi connectivity index (χ0n) is 11.1. The normalized spacial score (nSPS) is 24.5. The SMILES string of the molecule is CC1CN(c2ccc3c(n2)CCNCC3)CCN1. The number of nitrogens with zero attached hydrogens (tertiary/aromatic N) is 2. The van der Waals surface area contributed by atoms with Gasteiger partial charge in [-0.25, -0.2) is 4.98 Å². The van der Waals surface area contributed by atoms with Crippen LogP contribution in [0.15, 0.2) is 12.1 Å². The van der Waals surface area contributed by atoms with E-state index >= 15 is 0 Å². The third kappa shape index (κ3) is 2.49. The number of aromatic nitrogens is 1. The number of rotatable bonds is 1. The molecule has 1 unspecified atom stereocenters. The molecule has 0 aliphatic carbocycles. The molecule has 0 spiro atoms. The Bertz CT molecular complexity index is 418. The third-order valence-corrected chi connectivity index (χ3v) is 3.86. The molecule has 0 radical (unpaired) electrons. The van der Waals surface area contributed by atoms with Crippen LogP contribution in [-0.2, 0) is 12.8 Å². The van der Waals surface area contributed by atoms with E-state index in [1.165, 1.54) is 11.3 Å². The monoisotopic (exact) mass is 246 g/mol. The molecule has 18 heavy (non-hydrogen) atoms. The van der Waals surface area contributed by atoms with Crippen molar-refractivity contribution in [2.24, 2.45) is 0 Å². The van der Waals surface area contributed by atoms with Crippen LogP contribution in [-0.4, -0.2) is 43.7 Å². The lowest BCUT2D eigenvalue weighted by molar-refractivity contribution is 0.482. The fourth-order valence-corrected chi connectivity index (χ4v) is 2.83. The summed E-state index contributed by atoms with van der Waals surface area (Å²) in [5.74, 6) is 1.16. The first kappa shape index (κ1) is 11.9. The van der Waals surface area contributed by atoms with Gasteiger partial charge in [-0.15, -0.1) is 0 Å². The summed E-state index contributed by atoms with van der Waals surface area (Å²) in [6, 6.07) is 5.03. The molecule has 4 nitrogen and oxygen atoms in total. The van der Waals surface area contributed by atoms with Crippen LogP contribution in [0, 0.1) is 0 Å². The van der Waals surface area contributed by atoms with Gasteiger partial charge in [0.1, 0.15) is 5.82 Å². The second-order valence-corrected chi connectivity index (χ2v) is 5.33. The Morgan fingerprint density at radius 3 is 3.00 bits per heavy atom. The van der Waals surface area contributed by atoms with E-state index in [1.54, 1.807) is 0 Å². The van der Waals surface area contributed by atoms with E-state index in [4.69, 9.17) is 4.98 Å². The third-order valence-electron chi connectivity index (χ3n) is 3.86. The molecule has 0 saturated carbocycles. The Labute approximate surface area is 109 Å². The summed E-state index contributed by atoms with van der Waals surface area (Å²) < 4.78 is 0. The van der Waals surface area contributed by atoms with Crippen LogP contribution in [0.5, 0.6) is 0 Å². The minimum atomic E-state index is 0.557. The van der Waals surface area contributed by atoms with E-state index in [0.717, 1.165) is 51.4 Å². The number of pyridine rings is 1. The quantitative estimate of drug-likeness (QED) is 0.760. The van der Waals surface area contributed by atoms with Crippen molar-refractivity contribution in [3.8, 4) is 0 Å². The van der Waals surface area contributed by atoms with E-state index < -0.39 is 0 Å². The molecule has 1 fully saturated rings. The second-order valence-electron chi connectivity index (χ2n) is 5.33. The minimum absolute atomic E-state index is 0.557. The minimum Gasteiger partial charge on any atom is -0.354 e. The summed E-state index contributed by atoms with van der Waals surface area (Å²) in [5, 5.41) is 6.91. The van der Waals surface area contributed by atoms with Crippen molar-refractivity contribution in [2.45, 2.75) is 25.8 Å². The molecule has 0 amide bonds. The van der Waals surface area contributed by atoms with E-state index in [9.17, 15) is 0 Å². The van der Waals surface area contributed by atoms with Gasteiger partial charge >= 0.3 is 0 Å². The highest BCUT2D eigenvalue weighted by molar-refractivity contribution is 5.43. The van der Waals surface area contributed by atoms with Crippen LogP contribution in [0.2, 0.25) is 0 Å². The first-order chi connectivity index (χ1) is 8.83. The van der Waals surface area contributed by atoms with Crippen molar-refractivity contribution >= 4 is 5.82 Å². The number of fused-ring (bicyclic) bond motifs is 1. The standard InChI is InChI=1S/C14H22N4/c1-11-10-18(9-8-16-11)14-3-2-12-4-6-15-7-5-13(12)17-14/h2-3,11,15-16H,4-10H2,1H3. The average molecular weight is 246 g/mol. The van der Waals surface area contributed by atoms with Gasteiger partial charge in [0.05, 0.1) is 0 Å². The van der Waals surface area contributed by atoms with E-state index in [2.05, 4.69) is 34.6 Å². The van der Waals surface area contributed by atoms with Crippen LogP contribution in [0.25, 0.3) is 0 Å². The molecule has 1 aromatic rings. The van der Waals surface area contributed by atoms with Gasteiger partial charge in [0, 0.05) is 44.3 Å². The number of hydrogen-bond donors (Lipinski definition) is 2. The summed E-state index contributed by atoms with van der Waals surface area (Å²) in [5.41, 5.74) is 2.72. The molecule has 2 aliphatic rings. The van der Waals surface area contributed by atoms with Crippen molar-refractivity contribution in [1.29, 1.82) is 0 Å². The maximum Gasteiger partial charge on any atom is 0.128 e. The van der Waals surface area contributed by atoms with Gasteiger partial charge in [0.15, 0.2) is 0 Å². The number of piperazine rings is 1. The van der Waals surface area contributed by atoms with Crippen LogP contribution < -0.4 is 15.5 Å². The fraction of sp³-hybridized carbons (Fsp3) is 0.643. The van der Waals surface area contributed by atoms with Gasteiger partial charge in [0.2, 0.25) is 0 Å². The molecule has 0 aromatic carbocycles. The molecule has 0 bridgehead atoms. The van der Waals surface area contributed by atoms with Crippen LogP contribution >= 0.6 is 0 Å². The Hall–Kier alpha value is -1.13. The van der Waals surface area contributed by atoms with Crippen molar-refractivity contribution in [3.63, 3.8) is 0 Å². The van der Waals surface area contributed by atoms with Gasteiger partial charge in [-0.2, -0.15) is 0 Å². The van der Waals surface area contributed by atoms with Gasteiger partial charge in [-0.3, -0.25) is 0 Å². The maximum absolute atomic E-state index is 4.89. The maximum atomic E-state index is 4.89. The average Bonchev–Trinajstić information content (AvgIpc) is 2.63. The predicted molar refractivity (Wildman–Crippen MR) is 74.2 cm³/mol. The van der Waals surface area contributed by atoms with Crippen LogP contribution in [0.3, 0.4) is 0 Å². The predicted octanol–water partition coefficient (Wildman–Crippen LogP) is 0.568. The van der Waals surface area contributed by atoms with E-state index in [1.807, 2.05) is 0 Å². The molecule has 98 valence electrons. The van der Waals surface area contributed by atoms with Crippen LogP contribution in [0.1, 0.15) is 18.2 Å². The summed E-state index contributed by atoms with van der Waals surface area (Å²) in [4.78, 5) is 7.29. The fourth-order valence-electron chi connectivity index (χ4n) is 2.83. The molecule has 3 heterocycles. The second kappa shape index (κ2) is 5.24. The zero-order valence-corrected chi connectivity index (χ0v) is 11.1. The van der Waals surface area contributed by atoms with Gasteiger partial charge < -0.3 is 15.5 Å². The Morgan fingerprint density at radius 2 is 2.11 bits per heavy atom. The highest BCUT2D eigenvalue weighted by Gasteiger charge is 2.18. The Balaban J connectivity index is 1.82. The highest BCUT2D eigenvalue weighted by atomic mass is 15.2. The summed E-state index contributed by atoms with van der Waals surface area (Å²) >= 11 is 0. The number of hydrogen-bond acceptors (Lipinski definition) is 4. The van der Waals surface area contributed by atoms with Gasteiger partial charge in [0.25, 0.3) is 0 Å². The summed E-state index contributed by atoms with van der Waals surface area (Å²) in [6.07, 6.45) is 2.17. The van der Waals surface area contributed by atoms with Crippen LogP contribution in [0.4, 0.5) is 5.82 Å². The molecule has 4 heteroatoms. The molecule has 1 aromatic heterocycles. The lowest BCUT2D eigenvalue weighted by atomic mass is 10.1. The van der Waals surface area contributed by atoms with Crippen molar-refractivity contribution in [3.05, 3.63) is 23.4 Å². The first-order valence-electron chi connectivity index (χ1n) is 7.01. The van der Waals surface area contributed by atoms with E-state index in [-0.39, 0.29) is 0 Å². The smallest absolute Gasteiger partial charge is 0.128 e. The lowest BCUT2D eigenvalue weighted by Gasteiger charge is -2.33. The summed E-state index contributed by atoms with van der Waals surface area (Å²) in [7, 11) is 0. The lowest BCUT2D eigenvalue weighted by Crippen LogP contribution is -2.49. The molecular formula is C14H22N4. The van der Waals surface area contributed by atoms with Gasteiger partial charge in [-0.1, -0.05) is 6.07 Å². The summed E-state index contributed by atoms with van der Waals surface area (Å²) in [6.45, 7) is 7.56. The molecule has 1 saturated heterocycles.